The normalized spacial score (nSPS) is 10.9. The van der Waals surface area contributed by atoms with Crippen LogP contribution in [0.15, 0.2) is 18.3 Å². The standard InChI is InChI=1S/C11H15N3O/c1-11(2,8-15)14(3)10-5-4-6-13-9(10)7-12/h4-6,15H,8H2,1-3H3. The van der Waals surface area contributed by atoms with Crippen LogP contribution in [0.4, 0.5) is 5.69 Å². The van der Waals surface area contributed by atoms with Gasteiger partial charge in [-0.2, -0.15) is 5.26 Å². The van der Waals surface area contributed by atoms with Gasteiger partial charge in [-0.3, -0.25) is 0 Å². The highest BCUT2D eigenvalue weighted by Gasteiger charge is 2.24. The number of nitrogens with zero attached hydrogens (tertiary/aromatic N) is 3. The van der Waals surface area contributed by atoms with E-state index in [2.05, 4.69) is 4.98 Å². The molecule has 0 radical (unpaired) electrons. The largest absolute Gasteiger partial charge is 0.394 e. The predicted molar refractivity (Wildman–Crippen MR) is 58.5 cm³/mol. The zero-order valence-electron chi connectivity index (χ0n) is 9.23. The Labute approximate surface area is 89.8 Å². The zero-order chi connectivity index (χ0) is 11.5. The third-order valence-electron chi connectivity index (χ3n) is 2.55. The van der Waals surface area contributed by atoms with Crippen LogP contribution >= 0.6 is 0 Å². The van der Waals surface area contributed by atoms with Gasteiger partial charge in [0.25, 0.3) is 0 Å². The summed E-state index contributed by atoms with van der Waals surface area (Å²) in [6, 6.07) is 5.64. The summed E-state index contributed by atoms with van der Waals surface area (Å²) in [4.78, 5) is 5.84. The lowest BCUT2D eigenvalue weighted by Crippen LogP contribution is -2.44. The first kappa shape index (κ1) is 11.5. The number of rotatable bonds is 3. The van der Waals surface area contributed by atoms with Crippen molar-refractivity contribution in [1.82, 2.24) is 4.98 Å². The van der Waals surface area contributed by atoms with Crippen LogP contribution in [0.25, 0.3) is 0 Å². The number of anilines is 1. The second-order valence-corrected chi connectivity index (χ2v) is 4.01. The fourth-order valence-corrected chi connectivity index (χ4v) is 1.19. The second-order valence-electron chi connectivity index (χ2n) is 4.01. The molecule has 0 aliphatic carbocycles. The summed E-state index contributed by atoms with van der Waals surface area (Å²) in [6.45, 7) is 3.82. The van der Waals surface area contributed by atoms with Gasteiger partial charge in [-0.25, -0.2) is 4.98 Å². The molecule has 0 atom stereocenters. The number of nitriles is 1. The molecule has 0 saturated carbocycles. The molecule has 0 aliphatic heterocycles. The predicted octanol–water partition coefficient (Wildman–Crippen LogP) is 1.16. The lowest BCUT2D eigenvalue weighted by Gasteiger charge is -2.35. The highest BCUT2D eigenvalue weighted by atomic mass is 16.3. The summed E-state index contributed by atoms with van der Waals surface area (Å²) in [6.07, 6.45) is 1.59. The molecule has 0 aromatic carbocycles. The van der Waals surface area contributed by atoms with Gasteiger partial charge in [-0.1, -0.05) is 0 Å². The third-order valence-corrected chi connectivity index (χ3v) is 2.55. The van der Waals surface area contributed by atoms with Crippen LogP contribution in [0, 0.1) is 11.3 Å². The minimum Gasteiger partial charge on any atom is -0.394 e. The number of aliphatic hydroxyl groups is 1. The van der Waals surface area contributed by atoms with Crippen LogP contribution in [-0.4, -0.2) is 29.3 Å². The van der Waals surface area contributed by atoms with Crippen molar-refractivity contribution in [3.05, 3.63) is 24.0 Å². The maximum absolute atomic E-state index is 9.24. The van der Waals surface area contributed by atoms with E-state index >= 15 is 0 Å². The van der Waals surface area contributed by atoms with Crippen molar-refractivity contribution in [1.29, 1.82) is 5.26 Å². The summed E-state index contributed by atoms with van der Waals surface area (Å²) in [5.74, 6) is 0. The van der Waals surface area contributed by atoms with Crippen molar-refractivity contribution in [2.24, 2.45) is 0 Å². The molecule has 15 heavy (non-hydrogen) atoms. The Morgan fingerprint density at radius 2 is 2.27 bits per heavy atom. The number of aromatic nitrogens is 1. The Morgan fingerprint density at radius 1 is 1.60 bits per heavy atom. The molecule has 1 rings (SSSR count). The maximum Gasteiger partial charge on any atom is 0.163 e. The van der Waals surface area contributed by atoms with Crippen LogP contribution in [0.2, 0.25) is 0 Å². The number of aliphatic hydroxyl groups excluding tert-OH is 1. The minimum atomic E-state index is -0.408. The minimum absolute atomic E-state index is 0.0171. The third kappa shape index (κ3) is 2.25. The average Bonchev–Trinajstić information content (AvgIpc) is 2.28. The van der Waals surface area contributed by atoms with E-state index in [4.69, 9.17) is 5.26 Å². The summed E-state index contributed by atoms with van der Waals surface area (Å²) in [5.41, 5.74) is 0.704. The summed E-state index contributed by atoms with van der Waals surface area (Å²) < 4.78 is 0. The van der Waals surface area contributed by atoms with E-state index in [1.165, 1.54) is 0 Å². The molecule has 0 saturated heterocycles. The van der Waals surface area contributed by atoms with Crippen molar-refractivity contribution in [2.75, 3.05) is 18.6 Å². The van der Waals surface area contributed by atoms with Crippen molar-refractivity contribution < 1.29 is 5.11 Å². The zero-order valence-corrected chi connectivity index (χ0v) is 9.23. The Balaban J connectivity index is 3.12. The molecule has 1 aromatic rings. The fourth-order valence-electron chi connectivity index (χ4n) is 1.19. The van der Waals surface area contributed by atoms with Gasteiger partial charge in [0.1, 0.15) is 6.07 Å². The molecule has 80 valence electrons. The van der Waals surface area contributed by atoms with Gasteiger partial charge in [0, 0.05) is 13.2 Å². The van der Waals surface area contributed by atoms with E-state index in [1.807, 2.05) is 37.9 Å². The molecule has 4 nitrogen and oxygen atoms in total. The van der Waals surface area contributed by atoms with E-state index < -0.39 is 5.54 Å². The van der Waals surface area contributed by atoms with Crippen LogP contribution < -0.4 is 4.90 Å². The van der Waals surface area contributed by atoms with Crippen molar-refractivity contribution in [3.63, 3.8) is 0 Å². The highest BCUT2D eigenvalue weighted by molar-refractivity contribution is 5.56. The monoisotopic (exact) mass is 205 g/mol. The SMILES string of the molecule is CN(c1cccnc1C#N)C(C)(C)CO. The highest BCUT2D eigenvalue weighted by Crippen LogP contribution is 2.23. The molecule has 0 spiro atoms. The van der Waals surface area contributed by atoms with E-state index in [0.29, 0.717) is 5.69 Å². The molecule has 1 heterocycles. The molecule has 0 fully saturated rings. The topological polar surface area (TPSA) is 60.2 Å². The van der Waals surface area contributed by atoms with Crippen LogP contribution in [0.1, 0.15) is 19.5 Å². The molecule has 1 aromatic heterocycles. The van der Waals surface area contributed by atoms with E-state index in [-0.39, 0.29) is 6.61 Å². The second kappa shape index (κ2) is 4.28. The van der Waals surface area contributed by atoms with Crippen LogP contribution in [-0.2, 0) is 0 Å². The van der Waals surface area contributed by atoms with Gasteiger partial charge in [0.05, 0.1) is 17.8 Å². The Morgan fingerprint density at radius 3 is 2.80 bits per heavy atom. The Hall–Kier alpha value is -1.60. The number of hydrogen-bond acceptors (Lipinski definition) is 4. The lowest BCUT2D eigenvalue weighted by molar-refractivity contribution is 0.216. The maximum atomic E-state index is 9.24. The summed E-state index contributed by atoms with van der Waals surface area (Å²) >= 11 is 0. The van der Waals surface area contributed by atoms with Crippen molar-refractivity contribution in [2.45, 2.75) is 19.4 Å². The van der Waals surface area contributed by atoms with Gasteiger partial charge >= 0.3 is 0 Å². The van der Waals surface area contributed by atoms with Crippen molar-refractivity contribution in [3.8, 4) is 6.07 Å². The first-order chi connectivity index (χ1) is 7.03. The molecule has 0 amide bonds. The van der Waals surface area contributed by atoms with Gasteiger partial charge in [0.15, 0.2) is 5.69 Å². The summed E-state index contributed by atoms with van der Waals surface area (Å²) in [7, 11) is 1.84. The number of likely N-dealkylation sites (N-methyl/N-ethyl adjacent to an activating group) is 1. The van der Waals surface area contributed by atoms with E-state index in [1.54, 1.807) is 12.3 Å². The first-order valence-electron chi connectivity index (χ1n) is 4.72. The molecular formula is C11H15N3O. The van der Waals surface area contributed by atoms with E-state index in [9.17, 15) is 5.11 Å². The number of pyridine rings is 1. The average molecular weight is 205 g/mol. The lowest BCUT2D eigenvalue weighted by atomic mass is 10.0. The van der Waals surface area contributed by atoms with E-state index in [0.717, 1.165) is 5.69 Å². The van der Waals surface area contributed by atoms with Gasteiger partial charge in [-0.05, 0) is 26.0 Å². The molecule has 0 bridgehead atoms. The smallest absolute Gasteiger partial charge is 0.163 e. The Kier molecular flexibility index (Phi) is 3.28. The molecule has 4 heteroatoms. The first-order valence-corrected chi connectivity index (χ1v) is 4.72. The summed E-state index contributed by atoms with van der Waals surface area (Å²) in [5, 5.41) is 18.1. The van der Waals surface area contributed by atoms with Gasteiger partial charge < -0.3 is 10.0 Å². The quantitative estimate of drug-likeness (QED) is 0.804. The van der Waals surface area contributed by atoms with Crippen molar-refractivity contribution >= 4 is 5.69 Å². The fraction of sp³-hybridized carbons (Fsp3) is 0.455. The van der Waals surface area contributed by atoms with Gasteiger partial charge in [0.2, 0.25) is 0 Å². The van der Waals surface area contributed by atoms with Gasteiger partial charge in [-0.15, -0.1) is 0 Å². The number of hydrogen-bond donors (Lipinski definition) is 1. The Bertz CT molecular complexity index is 382. The molecule has 0 aliphatic rings. The van der Waals surface area contributed by atoms with Crippen LogP contribution in [0.3, 0.4) is 0 Å². The van der Waals surface area contributed by atoms with Crippen LogP contribution in [0.5, 0.6) is 0 Å². The molecule has 0 unspecified atom stereocenters. The molecule has 1 N–H and O–H groups in total. The molecular weight excluding hydrogens is 190 g/mol.